The molecule has 2 aromatic heterocycles. The van der Waals surface area contributed by atoms with Crippen molar-refractivity contribution in [3.63, 3.8) is 0 Å². The fourth-order valence-corrected chi connectivity index (χ4v) is 18.4. The summed E-state index contributed by atoms with van der Waals surface area (Å²) in [5, 5.41) is 9.02. The number of aromatic nitrogens is 3. The molecule has 6 unspecified atom stereocenters. The third-order valence-electron chi connectivity index (χ3n) is 18.7. The van der Waals surface area contributed by atoms with Crippen LogP contribution in [0, 0.1) is 18.8 Å². The number of nitrogens with one attached hydrogen (secondary N) is 3. The second-order valence-corrected chi connectivity index (χ2v) is 36.0. The quantitative estimate of drug-likeness (QED) is 0.00167. The number of hydrogen-bond acceptors (Lipinski definition) is 24. The van der Waals surface area contributed by atoms with Gasteiger partial charge in [-0.2, -0.15) is 22.0 Å². The molecule has 8 rings (SSSR count). The fourth-order valence-electron chi connectivity index (χ4n) is 13.5. The van der Waals surface area contributed by atoms with Crippen LogP contribution in [0.3, 0.4) is 0 Å². The number of allylic oxidation sites excluding steroid dienone is 5. The maximum atomic E-state index is 13.3. The lowest BCUT2D eigenvalue weighted by Crippen LogP contribution is -2.40. The van der Waals surface area contributed by atoms with Crippen molar-refractivity contribution < 1.29 is 97.5 Å². The number of aromatic amines is 1. The summed E-state index contributed by atoms with van der Waals surface area (Å²) in [7, 11) is -18.8. The number of phosphoric acid groups is 3. The number of nitrogens with zero attached hydrogens (tertiary/aromatic N) is 7. The number of carbonyl (C=O) groups is 3. The number of aryl methyl sites for hydroxylation is 1. The van der Waals surface area contributed by atoms with E-state index in [-0.39, 0.29) is 102 Å². The molecule has 5 heterocycles. The number of rotatable bonds is 44. The summed E-state index contributed by atoms with van der Waals surface area (Å²) in [5.74, 6) is 4.66. The van der Waals surface area contributed by atoms with Gasteiger partial charge in [0.15, 0.2) is 11.9 Å². The highest BCUT2D eigenvalue weighted by molar-refractivity contribution is 8.76. The summed E-state index contributed by atoms with van der Waals surface area (Å²) in [6, 6.07) is 18.1. The SMILES string of the molecule is CCCCN1\C(=C/C=C/C=C/C2N(CCCC)c3ccc(C)cc3C2(C)C)C(C)(CCCCCC(=O)CCCNC(=O)c2cccc(OCC(N=[N+]=[N-])OCCOCC(=O)NCC#Cc3cn([C@H]4CC(O[C@@H](C)SSC)[C@@H](COP(=O)(O)OP(=O)(O)OP(=O)(O)O)O4)c4nc(N)[nH]c(=O)c34)c2)c2cc(S(=O)(=O)O)ccc21. The summed E-state index contributed by atoms with van der Waals surface area (Å²) in [5.41, 5.74) is 20.3. The number of nitrogen functional groups attached to an aromatic ring is 1. The molecule has 0 spiro atoms. The molecule has 10 N–H and O–H groups in total. The number of H-pyrrole nitrogens is 1. The van der Waals surface area contributed by atoms with Crippen LogP contribution in [-0.4, -0.2) is 160 Å². The Labute approximate surface area is 652 Å². The van der Waals surface area contributed by atoms with Crippen LogP contribution in [0.25, 0.3) is 21.5 Å². The van der Waals surface area contributed by atoms with E-state index in [9.17, 15) is 61.2 Å². The Kier molecular flexibility index (Phi) is 32.8. The number of amides is 2. The van der Waals surface area contributed by atoms with Crippen LogP contribution < -0.4 is 36.5 Å². The van der Waals surface area contributed by atoms with Gasteiger partial charge in [-0.05, 0) is 124 Å². The van der Waals surface area contributed by atoms with Gasteiger partial charge in [0.2, 0.25) is 11.9 Å². The number of nitrogens with two attached hydrogens (primary N) is 1. The number of unbranched alkanes of at least 4 members (excludes halogenated alkanes) is 4. The predicted molar refractivity (Wildman–Crippen MR) is 422 cm³/mol. The van der Waals surface area contributed by atoms with Crippen LogP contribution in [0.5, 0.6) is 5.75 Å². The van der Waals surface area contributed by atoms with Gasteiger partial charge in [-0.25, -0.2) is 13.7 Å². The molecule has 606 valence electrons. The Morgan fingerprint density at radius 1 is 0.928 bits per heavy atom. The van der Waals surface area contributed by atoms with Gasteiger partial charge in [-0.3, -0.25) is 33.2 Å². The lowest BCUT2D eigenvalue weighted by Gasteiger charge is -2.32. The van der Waals surface area contributed by atoms with Crippen LogP contribution >= 0.6 is 45.1 Å². The predicted octanol–water partition coefficient (Wildman–Crippen LogP) is 12.0. The molecule has 0 bridgehead atoms. The molecule has 0 radical (unpaired) electrons. The third-order valence-corrected chi connectivity index (χ3v) is 25.3. The molecule has 111 heavy (non-hydrogen) atoms. The highest BCUT2D eigenvalue weighted by Gasteiger charge is 2.47. The average molecular weight is 1660 g/mol. The molecule has 1 fully saturated rings. The zero-order valence-corrected chi connectivity index (χ0v) is 68.1. The van der Waals surface area contributed by atoms with E-state index in [2.05, 4.69) is 151 Å². The summed E-state index contributed by atoms with van der Waals surface area (Å²) in [6.45, 7) is 14.9. The van der Waals surface area contributed by atoms with Gasteiger partial charge >= 0.3 is 23.5 Å². The maximum Gasteiger partial charge on any atom is 0.490 e. The number of hydrogen-bond donors (Lipinski definition) is 9. The van der Waals surface area contributed by atoms with Crippen molar-refractivity contribution in [2.24, 2.45) is 5.11 Å². The van der Waals surface area contributed by atoms with E-state index in [1.807, 2.05) is 0 Å². The molecule has 39 heteroatoms. The Balaban J connectivity index is 0.758. The number of fused-ring (bicyclic) bond motifs is 3. The van der Waals surface area contributed by atoms with Crippen molar-refractivity contribution in [2.75, 3.05) is 81.0 Å². The van der Waals surface area contributed by atoms with E-state index in [0.29, 0.717) is 25.7 Å². The summed E-state index contributed by atoms with van der Waals surface area (Å²) in [6.07, 6.45) is 17.5. The molecule has 0 aliphatic carbocycles. The Morgan fingerprint density at radius 3 is 2.41 bits per heavy atom. The first kappa shape index (κ1) is 89.4. The van der Waals surface area contributed by atoms with Crippen LogP contribution in [0.15, 0.2) is 118 Å². The number of phosphoric ester groups is 1. The Hall–Kier alpha value is -7.16. The standard InChI is InChI=1S/C72H98N11O22P3S3/c1-9-11-36-81-57-31-29-48(3)40-55(57)71(5,6)61(81)27-16-13-17-28-62-72(7,56-42-54(111(95,96)97)30-32-58(56)82(62)37-12-10-2)33-18-14-15-24-52(84)25-21-35-76-68(86)50-22-19-26-53(41-50)100-47-64(79-80-74)99-39-38-98-46-63(85)75-34-20-23-51-44-83(67-66(51)69(87)78-70(73)77-67)65-43-59(102-49(4)110-109-8)60(103-65)45-101-107(91,92)105-108(93,94)104-106(88,89)90/h13,16-17,19,22,26-32,40-42,44,49,59-61,64-65H,9-12,14-15,18,21,24-25,33-39,43,45-47H2,1-8H3,(H,75,85)(H,76,86)(H,91,92)(H,93,94)(H2,88,89,90)(H,95,96,97)(H3,73,77,78,87)/b17-13+,27-16+,62-28-/t49-,59?,60-,61?,64?,65-,72?/m1/s1. The van der Waals surface area contributed by atoms with Crippen LogP contribution in [0.4, 0.5) is 17.3 Å². The first-order valence-electron chi connectivity index (χ1n) is 36.1. The summed E-state index contributed by atoms with van der Waals surface area (Å²) >= 11 is 0. The first-order valence-corrected chi connectivity index (χ1v) is 44.7. The number of anilines is 3. The van der Waals surface area contributed by atoms with E-state index >= 15 is 0 Å². The number of carbonyl (C=O) groups excluding carboxylic acids is 3. The van der Waals surface area contributed by atoms with Crippen LogP contribution in [0.1, 0.15) is 157 Å². The average Bonchev–Trinajstić information content (AvgIpc) is 1.66. The number of azide groups is 1. The second-order valence-electron chi connectivity index (χ2n) is 27.4. The minimum atomic E-state index is -5.82. The van der Waals surface area contributed by atoms with E-state index in [0.717, 1.165) is 68.6 Å². The van der Waals surface area contributed by atoms with Gasteiger partial charge in [-0.1, -0.05) is 140 Å². The van der Waals surface area contributed by atoms with Crippen molar-refractivity contribution in [1.82, 2.24) is 25.2 Å². The van der Waals surface area contributed by atoms with E-state index in [1.54, 1.807) is 43.5 Å². The minimum Gasteiger partial charge on any atom is -0.491 e. The molecule has 9 atom stereocenters. The van der Waals surface area contributed by atoms with Gasteiger partial charge in [0.05, 0.1) is 54.4 Å². The van der Waals surface area contributed by atoms with Gasteiger partial charge in [-0.15, -0.1) is 0 Å². The zero-order valence-electron chi connectivity index (χ0n) is 63.0. The highest BCUT2D eigenvalue weighted by atomic mass is 33.1. The number of ketones is 1. The Bertz CT molecular complexity index is 4660. The molecule has 3 aliphatic heterocycles. The number of benzene rings is 3. The lowest BCUT2D eigenvalue weighted by atomic mass is 9.77. The molecule has 3 aromatic carbocycles. The topological polar surface area (TPSA) is 468 Å². The van der Waals surface area contributed by atoms with Gasteiger partial charge in [0.1, 0.15) is 42.5 Å². The van der Waals surface area contributed by atoms with Crippen LogP contribution in [-0.2, 0) is 76.3 Å². The van der Waals surface area contributed by atoms with Gasteiger partial charge in [0.25, 0.3) is 21.6 Å². The molecular formula is C72H98N11O22P3S3. The largest absolute Gasteiger partial charge is 0.491 e. The zero-order chi connectivity index (χ0) is 80.9. The van der Waals surface area contributed by atoms with Crippen molar-refractivity contribution in [3.05, 3.63) is 152 Å². The first-order chi connectivity index (χ1) is 52.6. The fraction of sp³-hybridized carbons (Fsp3) is 0.514. The van der Waals surface area contributed by atoms with Crippen molar-refractivity contribution in [3.8, 4) is 17.6 Å². The van der Waals surface area contributed by atoms with Gasteiger partial charge < -0.3 is 74.0 Å². The maximum absolute atomic E-state index is 13.3. The molecular weight excluding hydrogens is 1560 g/mol. The van der Waals surface area contributed by atoms with Crippen LogP contribution in [0.2, 0.25) is 0 Å². The van der Waals surface area contributed by atoms with E-state index in [4.69, 9.17) is 43.7 Å². The third kappa shape index (κ3) is 25.4. The van der Waals surface area contributed by atoms with Gasteiger partial charge in [0, 0.05) is 83.5 Å². The normalized spacial score (nSPS) is 20.2. The van der Waals surface area contributed by atoms with E-state index < -0.39 is 99.7 Å². The van der Waals surface area contributed by atoms with Crippen molar-refractivity contribution in [2.45, 2.75) is 177 Å². The molecule has 0 saturated carbocycles. The van der Waals surface area contributed by atoms with Crippen molar-refractivity contribution >= 4 is 101 Å². The second kappa shape index (κ2) is 40.7. The Morgan fingerprint density at radius 2 is 1.68 bits per heavy atom. The number of Topliss-reactive ketones (excluding diaryl/α,β-unsaturated/α-hetero) is 1. The molecule has 5 aromatic rings. The molecule has 2 amide bonds. The molecule has 33 nitrogen and oxygen atoms in total. The smallest absolute Gasteiger partial charge is 0.490 e. The lowest BCUT2D eigenvalue weighted by molar-refractivity contribution is -0.126. The molecule has 3 aliphatic rings. The number of ether oxygens (including phenoxy) is 5. The van der Waals surface area contributed by atoms with Crippen molar-refractivity contribution in [1.29, 1.82) is 0 Å². The minimum absolute atomic E-state index is 0.00258. The molecule has 1 saturated heterocycles. The highest BCUT2D eigenvalue weighted by Crippen LogP contribution is 2.66. The van der Waals surface area contributed by atoms with E-state index in [1.165, 1.54) is 61.3 Å². The summed E-state index contributed by atoms with van der Waals surface area (Å²) in [4.78, 5) is 104. The monoisotopic (exact) mass is 1660 g/mol. The summed E-state index contributed by atoms with van der Waals surface area (Å²) < 4.78 is 114.